The van der Waals surface area contributed by atoms with E-state index in [4.69, 9.17) is 0 Å². The highest BCUT2D eigenvalue weighted by molar-refractivity contribution is 5.85. The van der Waals surface area contributed by atoms with E-state index in [2.05, 4.69) is 54.6 Å². The van der Waals surface area contributed by atoms with Crippen molar-refractivity contribution in [1.29, 1.82) is 0 Å². The number of hydrogen-bond donors (Lipinski definition) is 2. The molecule has 0 radical (unpaired) electrons. The van der Waals surface area contributed by atoms with E-state index in [1.165, 1.54) is 16.5 Å². The molecule has 1 heterocycles. The summed E-state index contributed by atoms with van der Waals surface area (Å²) in [5.74, 6) is 0. The Morgan fingerprint density at radius 2 is 2.00 bits per heavy atom. The van der Waals surface area contributed by atoms with Gasteiger partial charge in [0.05, 0.1) is 0 Å². The molecule has 2 aromatic rings. The summed E-state index contributed by atoms with van der Waals surface area (Å²) in [5, 5.41) is 4.78. The van der Waals surface area contributed by atoms with Crippen molar-refractivity contribution < 1.29 is 0 Å². The minimum absolute atomic E-state index is 0. The summed E-state index contributed by atoms with van der Waals surface area (Å²) < 4.78 is 0. The Morgan fingerprint density at radius 1 is 1.25 bits per heavy atom. The molecule has 2 N–H and O–H groups in total. The molecule has 0 unspecified atom stereocenters. The zero-order valence-electron chi connectivity index (χ0n) is 9.79. The van der Waals surface area contributed by atoms with Crippen LogP contribution in [0, 0.1) is 0 Å². The molecule has 0 spiro atoms. The molecule has 2 nitrogen and oxygen atoms in total. The van der Waals surface area contributed by atoms with Crippen LogP contribution in [0.4, 0.5) is 0 Å². The van der Waals surface area contributed by atoms with Crippen LogP contribution in [0.1, 0.15) is 19.4 Å². The molecule has 16 heavy (non-hydrogen) atoms. The van der Waals surface area contributed by atoms with E-state index in [0.717, 1.165) is 13.0 Å². The molecule has 0 aliphatic heterocycles. The highest BCUT2D eigenvalue weighted by atomic mass is 35.5. The second-order valence-electron chi connectivity index (χ2n) is 4.22. The topological polar surface area (TPSA) is 27.8 Å². The smallest absolute Gasteiger partial charge is 0.0456 e. The number of aromatic nitrogens is 1. The standard InChI is InChI=1S/C13H18N2.ClH/c1-10(2)14-8-7-11-9-15-13-6-4-3-5-12(11)13;/h3-6,9-10,14-15H,7-8H2,1-2H3;1H. The molecule has 0 saturated carbocycles. The van der Waals surface area contributed by atoms with E-state index in [-0.39, 0.29) is 12.4 Å². The van der Waals surface area contributed by atoms with E-state index in [0.29, 0.717) is 6.04 Å². The van der Waals surface area contributed by atoms with Crippen LogP contribution in [0.5, 0.6) is 0 Å². The molecule has 0 atom stereocenters. The largest absolute Gasteiger partial charge is 0.361 e. The molecule has 1 aromatic heterocycles. The number of benzene rings is 1. The molecule has 0 amide bonds. The van der Waals surface area contributed by atoms with Crippen LogP contribution < -0.4 is 5.32 Å². The minimum Gasteiger partial charge on any atom is -0.361 e. The van der Waals surface area contributed by atoms with Gasteiger partial charge in [-0.1, -0.05) is 32.0 Å². The maximum absolute atomic E-state index is 3.43. The van der Waals surface area contributed by atoms with E-state index < -0.39 is 0 Å². The third-order valence-electron chi connectivity index (χ3n) is 2.62. The van der Waals surface area contributed by atoms with Crippen LogP contribution in [0.2, 0.25) is 0 Å². The third kappa shape index (κ3) is 3.00. The zero-order valence-corrected chi connectivity index (χ0v) is 10.6. The number of nitrogens with one attached hydrogen (secondary N) is 2. The van der Waals surface area contributed by atoms with Gasteiger partial charge in [-0.25, -0.2) is 0 Å². The van der Waals surface area contributed by atoms with Gasteiger partial charge < -0.3 is 10.3 Å². The van der Waals surface area contributed by atoms with Gasteiger partial charge in [-0.3, -0.25) is 0 Å². The first-order valence-corrected chi connectivity index (χ1v) is 5.56. The van der Waals surface area contributed by atoms with Crippen LogP contribution in [-0.4, -0.2) is 17.6 Å². The third-order valence-corrected chi connectivity index (χ3v) is 2.62. The number of para-hydroxylation sites is 1. The highest BCUT2D eigenvalue weighted by Crippen LogP contribution is 2.17. The second kappa shape index (κ2) is 5.92. The molecule has 2 rings (SSSR count). The fourth-order valence-corrected chi connectivity index (χ4v) is 1.83. The fraction of sp³-hybridized carbons (Fsp3) is 0.385. The number of fused-ring (bicyclic) bond motifs is 1. The van der Waals surface area contributed by atoms with Crippen molar-refractivity contribution in [3.8, 4) is 0 Å². The Hall–Kier alpha value is -0.990. The summed E-state index contributed by atoms with van der Waals surface area (Å²) in [4.78, 5) is 3.30. The Balaban J connectivity index is 0.00000128. The van der Waals surface area contributed by atoms with Crippen LogP contribution in [-0.2, 0) is 6.42 Å². The predicted molar refractivity (Wildman–Crippen MR) is 72.4 cm³/mol. The molecular weight excluding hydrogens is 220 g/mol. The maximum Gasteiger partial charge on any atom is 0.0456 e. The number of halogens is 1. The summed E-state index contributed by atoms with van der Waals surface area (Å²) in [6.45, 7) is 5.39. The van der Waals surface area contributed by atoms with Crippen molar-refractivity contribution in [2.24, 2.45) is 0 Å². The molecular formula is C13H19ClN2. The van der Waals surface area contributed by atoms with Gasteiger partial charge >= 0.3 is 0 Å². The number of aromatic amines is 1. The van der Waals surface area contributed by atoms with Gasteiger partial charge in [0.15, 0.2) is 0 Å². The van der Waals surface area contributed by atoms with Crippen LogP contribution in [0.15, 0.2) is 30.5 Å². The highest BCUT2D eigenvalue weighted by Gasteiger charge is 2.02. The molecule has 88 valence electrons. The van der Waals surface area contributed by atoms with Gasteiger partial charge in [-0.2, -0.15) is 0 Å². The lowest BCUT2D eigenvalue weighted by atomic mass is 10.1. The first-order valence-electron chi connectivity index (χ1n) is 5.56. The van der Waals surface area contributed by atoms with E-state index in [1.54, 1.807) is 0 Å². The van der Waals surface area contributed by atoms with Crippen molar-refractivity contribution in [3.63, 3.8) is 0 Å². The average molecular weight is 239 g/mol. The van der Waals surface area contributed by atoms with Gasteiger partial charge in [-0.15, -0.1) is 12.4 Å². The van der Waals surface area contributed by atoms with Crippen LogP contribution >= 0.6 is 12.4 Å². The second-order valence-corrected chi connectivity index (χ2v) is 4.22. The summed E-state index contributed by atoms with van der Waals surface area (Å²) >= 11 is 0. The SMILES string of the molecule is CC(C)NCCc1c[nH]c2ccccc12.Cl. The van der Waals surface area contributed by atoms with E-state index in [1.807, 2.05) is 0 Å². The van der Waals surface area contributed by atoms with Gasteiger partial charge in [0.2, 0.25) is 0 Å². The monoisotopic (exact) mass is 238 g/mol. The zero-order chi connectivity index (χ0) is 10.7. The van der Waals surface area contributed by atoms with Gasteiger partial charge in [0, 0.05) is 23.1 Å². The maximum atomic E-state index is 3.43. The van der Waals surface area contributed by atoms with Crippen LogP contribution in [0.3, 0.4) is 0 Å². The fourth-order valence-electron chi connectivity index (χ4n) is 1.83. The van der Waals surface area contributed by atoms with Crippen molar-refractivity contribution >= 4 is 23.3 Å². The van der Waals surface area contributed by atoms with Gasteiger partial charge in [-0.05, 0) is 24.6 Å². The van der Waals surface area contributed by atoms with Crippen molar-refractivity contribution in [3.05, 3.63) is 36.0 Å². The first kappa shape index (κ1) is 13.1. The molecule has 1 aromatic carbocycles. The number of hydrogen-bond acceptors (Lipinski definition) is 1. The number of H-pyrrole nitrogens is 1. The Bertz CT molecular complexity index is 434. The quantitative estimate of drug-likeness (QED) is 0.842. The Morgan fingerprint density at radius 3 is 2.75 bits per heavy atom. The lowest BCUT2D eigenvalue weighted by Crippen LogP contribution is -2.24. The predicted octanol–water partition coefficient (Wildman–Crippen LogP) is 3.13. The lowest BCUT2D eigenvalue weighted by Gasteiger charge is -2.06. The van der Waals surface area contributed by atoms with Gasteiger partial charge in [0.1, 0.15) is 0 Å². The summed E-state index contributed by atoms with van der Waals surface area (Å²) in [5.41, 5.74) is 2.63. The Labute approximate surface area is 103 Å². The van der Waals surface area contributed by atoms with E-state index >= 15 is 0 Å². The van der Waals surface area contributed by atoms with E-state index in [9.17, 15) is 0 Å². The van der Waals surface area contributed by atoms with Crippen molar-refractivity contribution in [1.82, 2.24) is 10.3 Å². The normalized spacial score (nSPS) is 10.7. The van der Waals surface area contributed by atoms with Crippen molar-refractivity contribution in [2.75, 3.05) is 6.54 Å². The molecule has 0 bridgehead atoms. The molecule has 3 heteroatoms. The molecule has 0 aliphatic rings. The van der Waals surface area contributed by atoms with Crippen molar-refractivity contribution in [2.45, 2.75) is 26.3 Å². The van der Waals surface area contributed by atoms with Gasteiger partial charge in [0.25, 0.3) is 0 Å². The average Bonchev–Trinajstić information content (AvgIpc) is 2.62. The molecule has 0 saturated heterocycles. The lowest BCUT2D eigenvalue weighted by molar-refractivity contribution is 0.591. The first-order chi connectivity index (χ1) is 7.27. The molecule has 0 aliphatic carbocycles. The Kier molecular flexibility index (Phi) is 4.84. The summed E-state index contributed by atoms with van der Waals surface area (Å²) in [7, 11) is 0. The molecule has 0 fully saturated rings. The summed E-state index contributed by atoms with van der Waals surface area (Å²) in [6.07, 6.45) is 3.20. The minimum atomic E-state index is 0. The summed E-state index contributed by atoms with van der Waals surface area (Å²) in [6, 6.07) is 9.02. The van der Waals surface area contributed by atoms with Crippen LogP contribution in [0.25, 0.3) is 10.9 Å². The number of rotatable bonds is 4.